The first-order valence-corrected chi connectivity index (χ1v) is 26.5. The molecule has 1 saturated heterocycles. The number of hydrogen-bond acceptors (Lipinski definition) is 16. The summed E-state index contributed by atoms with van der Waals surface area (Å²) in [7, 11) is 1.97. The van der Waals surface area contributed by atoms with Crippen LogP contribution in [0.25, 0.3) is 0 Å². The summed E-state index contributed by atoms with van der Waals surface area (Å²) in [5.41, 5.74) is 7.54. The topological polar surface area (TPSA) is 330 Å². The Bertz CT molecular complexity index is 2380. The monoisotopic (exact) mass is 1050 g/mol. The zero-order valence-electron chi connectivity index (χ0n) is 43.6. The molecule has 0 radical (unpaired) electrons. The van der Waals surface area contributed by atoms with Crippen molar-refractivity contribution in [2.75, 3.05) is 64.8 Å². The fraction of sp³-hybridized carbons (Fsp3) is 0.633. The molecule has 7 atom stereocenters. The molecule has 2 aliphatic rings. The van der Waals surface area contributed by atoms with Gasteiger partial charge in [0.2, 0.25) is 41.4 Å². The number of likely N-dealkylation sites (tertiary alicyclic amines) is 1. The normalized spacial score (nSPS) is 18.1. The number of amides is 8. The summed E-state index contributed by atoms with van der Waals surface area (Å²) in [4.78, 5) is 112. The lowest BCUT2D eigenvalue weighted by molar-refractivity contribution is -0.143. The number of nitrogens with one attached hydrogen (secondary N) is 8. The maximum absolute atomic E-state index is 14.7. The van der Waals surface area contributed by atoms with Crippen LogP contribution in [0.5, 0.6) is 0 Å². The fourth-order valence-electron chi connectivity index (χ4n) is 9.21. The first kappa shape index (κ1) is 58.4. The second kappa shape index (κ2) is 28.9. The molecule has 1 fully saturated rings. The molecule has 74 heavy (non-hydrogen) atoms. The third-order valence-corrected chi connectivity index (χ3v) is 14.3. The van der Waals surface area contributed by atoms with Gasteiger partial charge in [-0.2, -0.15) is 5.21 Å². The lowest BCUT2D eigenvalue weighted by Crippen LogP contribution is -2.58. The van der Waals surface area contributed by atoms with Crippen LogP contribution in [0.15, 0.2) is 23.6 Å². The number of aromatic nitrogens is 5. The Morgan fingerprint density at radius 2 is 1.59 bits per heavy atom. The Labute approximate surface area is 436 Å². The Kier molecular flexibility index (Phi) is 22.8. The van der Waals surface area contributed by atoms with E-state index in [9.17, 15) is 38.4 Å². The third kappa shape index (κ3) is 16.8. The molecule has 10 N–H and O–H groups in total. The average Bonchev–Trinajstić information content (AvgIpc) is 4.12. The Morgan fingerprint density at radius 3 is 2.19 bits per heavy atom. The number of anilines is 1. The summed E-state index contributed by atoms with van der Waals surface area (Å²) in [6.07, 6.45) is 4.99. The highest BCUT2D eigenvalue weighted by Crippen LogP contribution is 2.37. The predicted molar refractivity (Wildman–Crippen MR) is 275 cm³/mol. The van der Waals surface area contributed by atoms with Crippen LogP contribution in [0.1, 0.15) is 131 Å². The number of rotatable bonds is 27. The number of thiazole rings is 1. The molecule has 1 aliphatic carbocycles. The molecule has 1 aliphatic heterocycles. The van der Waals surface area contributed by atoms with Crippen LogP contribution < -0.4 is 43.0 Å². The molecule has 0 unspecified atom stereocenters. The van der Waals surface area contributed by atoms with Gasteiger partial charge in [0.15, 0.2) is 5.82 Å². The first-order valence-electron chi connectivity index (χ1n) is 25.6. The van der Waals surface area contributed by atoms with E-state index in [1.807, 2.05) is 45.7 Å². The summed E-state index contributed by atoms with van der Waals surface area (Å²) in [5, 5.41) is 35.5. The van der Waals surface area contributed by atoms with Crippen molar-refractivity contribution in [1.29, 1.82) is 0 Å². The zero-order valence-corrected chi connectivity index (χ0v) is 44.4. The van der Waals surface area contributed by atoms with Gasteiger partial charge in [0.25, 0.3) is 5.91 Å². The summed E-state index contributed by atoms with van der Waals surface area (Å²) < 4.78 is 6.34. The van der Waals surface area contributed by atoms with E-state index in [1.165, 1.54) is 11.3 Å². The number of tetrazole rings is 1. The Hall–Kier alpha value is -6.44. The minimum absolute atomic E-state index is 0.0325. The molecule has 2 aromatic heterocycles. The van der Waals surface area contributed by atoms with Gasteiger partial charge in [-0.3, -0.25) is 43.3 Å². The van der Waals surface area contributed by atoms with Crippen molar-refractivity contribution in [2.45, 2.75) is 129 Å². The standard InChI is InChI=1S/C49H75N15O9S/c1-8-16-64(49(72)44(29(6)9-2)58-47(71)36-13-11-12-17-63(36)7)37(28(4)5)21-38(73-10-3)48-57-35(27-74-48)46(70)56-32-18-30-14-15-31(19-33(30)34(20-32)45-59-61-62-60-45)55-43(69)26-54-42(68)25-53-41(67)24-52-40(66)23-51-39(65)22-50/h14-15,19,27-29,32,34,36-38,44H,8-13,16-18,20-26,50H2,1-7H3,(H,51,65)(H,52,66)(H,53,67)(H,54,68)(H,55,69)(H,56,70)(H,58,71)(H,59,60,61,62)/t29-,32-,34+,36+,37+,38+,44-/m0/s1. The van der Waals surface area contributed by atoms with Crippen LogP contribution in [0.3, 0.4) is 0 Å². The van der Waals surface area contributed by atoms with E-state index in [4.69, 9.17) is 15.5 Å². The van der Waals surface area contributed by atoms with Gasteiger partial charge in [-0.15, -0.1) is 21.5 Å². The maximum Gasteiger partial charge on any atom is 0.270 e. The lowest BCUT2D eigenvalue weighted by Gasteiger charge is -2.40. The number of piperidine rings is 1. The molecule has 25 heteroatoms. The number of ether oxygens (including phenoxy) is 1. The maximum atomic E-state index is 14.7. The predicted octanol–water partition coefficient (Wildman–Crippen LogP) is 0.641. The Balaban J connectivity index is 1.21. The van der Waals surface area contributed by atoms with Crippen molar-refractivity contribution in [3.05, 3.63) is 51.2 Å². The number of benzene rings is 1. The summed E-state index contributed by atoms with van der Waals surface area (Å²) in [6.45, 7) is 12.0. The van der Waals surface area contributed by atoms with E-state index in [0.717, 1.165) is 43.4 Å². The second-order valence-corrected chi connectivity index (χ2v) is 20.1. The van der Waals surface area contributed by atoms with Crippen molar-refractivity contribution in [2.24, 2.45) is 17.6 Å². The first-order chi connectivity index (χ1) is 35.5. The number of H-pyrrole nitrogens is 1. The highest BCUT2D eigenvalue weighted by atomic mass is 32.1. The van der Waals surface area contributed by atoms with Crippen molar-refractivity contribution in [3.8, 4) is 0 Å². The van der Waals surface area contributed by atoms with Gasteiger partial charge in [-0.1, -0.05) is 58.7 Å². The molecule has 0 bridgehead atoms. The smallest absolute Gasteiger partial charge is 0.270 e. The second-order valence-electron chi connectivity index (χ2n) is 19.2. The highest BCUT2D eigenvalue weighted by Gasteiger charge is 2.39. The molecule has 406 valence electrons. The van der Waals surface area contributed by atoms with Crippen LogP contribution in [0, 0.1) is 11.8 Å². The number of fused-ring (bicyclic) bond motifs is 1. The van der Waals surface area contributed by atoms with Crippen LogP contribution in [-0.4, -0.2) is 166 Å². The van der Waals surface area contributed by atoms with Gasteiger partial charge < -0.3 is 52.6 Å². The van der Waals surface area contributed by atoms with Crippen molar-refractivity contribution < 1.29 is 43.1 Å². The zero-order chi connectivity index (χ0) is 53.9. The van der Waals surface area contributed by atoms with Crippen LogP contribution in [-0.2, 0) is 44.7 Å². The number of nitrogens with two attached hydrogens (primary N) is 1. The van der Waals surface area contributed by atoms with E-state index in [0.29, 0.717) is 55.4 Å². The third-order valence-electron chi connectivity index (χ3n) is 13.4. The van der Waals surface area contributed by atoms with Crippen LogP contribution >= 0.6 is 11.3 Å². The minimum atomic E-state index is -0.685. The highest BCUT2D eigenvalue weighted by molar-refractivity contribution is 7.09. The lowest BCUT2D eigenvalue weighted by atomic mass is 9.79. The fourth-order valence-corrected chi connectivity index (χ4v) is 10.1. The number of aromatic amines is 1. The van der Waals surface area contributed by atoms with Crippen molar-refractivity contribution in [3.63, 3.8) is 0 Å². The van der Waals surface area contributed by atoms with Crippen molar-refractivity contribution in [1.82, 2.24) is 67.3 Å². The number of likely N-dealkylation sites (N-methyl/N-ethyl adjacent to an activating group) is 1. The number of nitrogens with zero attached hydrogens (tertiary/aromatic N) is 6. The van der Waals surface area contributed by atoms with Gasteiger partial charge in [0, 0.05) is 42.7 Å². The van der Waals surface area contributed by atoms with E-state index in [2.05, 4.69) is 76.6 Å². The molecule has 8 amide bonds. The SMILES string of the molecule is CCCN(C(=O)[C@@H](NC(=O)[C@H]1CCCCN1C)[C@@H](C)CC)[C@H](C[C@@H](OCC)c1nc(C(=O)N[C@H]2Cc3ccc(NC(=O)CNC(=O)CNC(=O)CNC(=O)CNC(=O)CN)cc3[C@H](c3nn[nH]n3)C2)cs1)C(C)C. The molecule has 24 nitrogen and oxygen atoms in total. The van der Waals surface area contributed by atoms with E-state index >= 15 is 0 Å². The minimum Gasteiger partial charge on any atom is -0.371 e. The molecule has 3 heterocycles. The summed E-state index contributed by atoms with van der Waals surface area (Å²) in [5.74, 6) is -3.66. The molecule has 3 aromatic rings. The number of carbonyl (C=O) groups excluding carboxylic acids is 8. The van der Waals surface area contributed by atoms with E-state index in [-0.39, 0.29) is 66.5 Å². The van der Waals surface area contributed by atoms with Gasteiger partial charge in [0.05, 0.1) is 44.7 Å². The average molecular weight is 1050 g/mol. The Morgan fingerprint density at radius 1 is 0.919 bits per heavy atom. The van der Waals surface area contributed by atoms with Gasteiger partial charge in [0.1, 0.15) is 22.8 Å². The van der Waals surface area contributed by atoms with Gasteiger partial charge >= 0.3 is 0 Å². The van der Waals surface area contributed by atoms with E-state index in [1.54, 1.807) is 17.5 Å². The number of hydrogen-bond donors (Lipinski definition) is 9. The molecule has 1 aromatic carbocycles. The molecular weight excluding hydrogens is 975 g/mol. The number of carbonyl (C=O) groups is 8. The molecule has 0 saturated carbocycles. The van der Waals surface area contributed by atoms with Gasteiger partial charge in [-0.25, -0.2) is 4.98 Å². The molecule has 0 spiro atoms. The van der Waals surface area contributed by atoms with E-state index < -0.39 is 67.2 Å². The van der Waals surface area contributed by atoms with Crippen molar-refractivity contribution >= 4 is 64.3 Å². The molecular formula is C49H75N15O9S. The van der Waals surface area contributed by atoms with Gasteiger partial charge in [-0.05, 0) is 87.7 Å². The molecule has 5 rings (SSSR count). The van der Waals surface area contributed by atoms with Crippen LogP contribution in [0.4, 0.5) is 5.69 Å². The quantitative estimate of drug-likeness (QED) is 0.0506. The largest absolute Gasteiger partial charge is 0.371 e. The summed E-state index contributed by atoms with van der Waals surface area (Å²) >= 11 is 1.33. The summed E-state index contributed by atoms with van der Waals surface area (Å²) in [6, 6.07) is 3.77. The van der Waals surface area contributed by atoms with Crippen LogP contribution in [0.2, 0.25) is 0 Å².